The number of rotatable bonds is 5. The summed E-state index contributed by atoms with van der Waals surface area (Å²) in [5.41, 5.74) is 0. The summed E-state index contributed by atoms with van der Waals surface area (Å²) in [6, 6.07) is 0. The second-order valence-electron chi connectivity index (χ2n) is 4.51. The van der Waals surface area contributed by atoms with E-state index in [1.54, 1.807) is 7.05 Å². The van der Waals surface area contributed by atoms with Crippen molar-refractivity contribution in [2.45, 2.75) is 25.4 Å². The molecule has 108 valence electrons. The predicted molar refractivity (Wildman–Crippen MR) is 62.7 cm³/mol. The first-order valence-corrected chi connectivity index (χ1v) is 7.57. The monoisotopic (exact) mass is 288 g/mol. The second kappa shape index (κ2) is 6.21. The molecule has 1 unspecified atom stereocenters. The van der Waals surface area contributed by atoms with Gasteiger partial charge in [-0.3, -0.25) is 0 Å². The quantitative estimate of drug-likeness (QED) is 0.773. The predicted octanol–water partition coefficient (Wildman–Crippen LogP) is 1.20. The zero-order valence-electron chi connectivity index (χ0n) is 10.3. The summed E-state index contributed by atoms with van der Waals surface area (Å²) in [4.78, 5) is 0. The van der Waals surface area contributed by atoms with Crippen molar-refractivity contribution in [3.63, 3.8) is 0 Å². The highest BCUT2D eigenvalue weighted by Gasteiger charge is 2.43. The van der Waals surface area contributed by atoms with Crippen molar-refractivity contribution in [3.8, 4) is 0 Å². The van der Waals surface area contributed by atoms with Crippen LogP contribution in [0.15, 0.2) is 0 Å². The van der Waals surface area contributed by atoms with Crippen molar-refractivity contribution in [1.82, 2.24) is 9.62 Å². The smallest absolute Gasteiger partial charge is 0.320 e. The number of alkyl halides is 3. The maximum atomic E-state index is 12.6. The van der Waals surface area contributed by atoms with Gasteiger partial charge in [-0.25, -0.2) is 12.7 Å². The number of nitrogens with one attached hydrogen (secondary N) is 1. The molecule has 1 saturated heterocycles. The van der Waals surface area contributed by atoms with Gasteiger partial charge in [-0.15, -0.1) is 0 Å². The van der Waals surface area contributed by atoms with Gasteiger partial charge in [0.05, 0.1) is 11.7 Å². The van der Waals surface area contributed by atoms with Crippen LogP contribution in [0.25, 0.3) is 0 Å². The molecular weight excluding hydrogens is 269 g/mol. The Morgan fingerprint density at radius 3 is 2.61 bits per heavy atom. The minimum Gasteiger partial charge on any atom is -0.320 e. The molecule has 0 aromatic heterocycles. The standard InChI is InChI=1S/C10H19F3N2O2S/c1-14-5-3-7-18(16,17)15-6-2-4-9(8-15)10(11,12)13/h9,14H,2-8H2,1H3. The van der Waals surface area contributed by atoms with Crippen molar-refractivity contribution in [1.29, 1.82) is 0 Å². The molecule has 0 aromatic rings. The molecule has 18 heavy (non-hydrogen) atoms. The van der Waals surface area contributed by atoms with Crippen LogP contribution in [0.3, 0.4) is 0 Å². The Morgan fingerprint density at radius 2 is 2.06 bits per heavy atom. The van der Waals surface area contributed by atoms with Gasteiger partial charge >= 0.3 is 6.18 Å². The molecule has 4 nitrogen and oxygen atoms in total. The Hall–Kier alpha value is -0.340. The summed E-state index contributed by atoms with van der Waals surface area (Å²) in [7, 11) is -1.85. The summed E-state index contributed by atoms with van der Waals surface area (Å²) >= 11 is 0. The van der Waals surface area contributed by atoms with E-state index >= 15 is 0 Å². The average molecular weight is 288 g/mol. The number of hydrogen-bond acceptors (Lipinski definition) is 3. The Labute approximate surface area is 106 Å². The van der Waals surface area contributed by atoms with E-state index in [1.165, 1.54) is 0 Å². The van der Waals surface area contributed by atoms with Crippen LogP contribution in [0.4, 0.5) is 13.2 Å². The van der Waals surface area contributed by atoms with Crippen LogP contribution >= 0.6 is 0 Å². The van der Waals surface area contributed by atoms with Crippen molar-refractivity contribution >= 4 is 10.0 Å². The first-order chi connectivity index (χ1) is 8.27. The molecule has 1 atom stereocenters. The van der Waals surface area contributed by atoms with Crippen LogP contribution in [0, 0.1) is 5.92 Å². The first-order valence-electron chi connectivity index (χ1n) is 5.96. The lowest BCUT2D eigenvalue weighted by atomic mass is 9.99. The molecule has 0 aliphatic carbocycles. The van der Waals surface area contributed by atoms with Crippen LogP contribution in [-0.4, -0.2) is 51.3 Å². The molecule has 1 heterocycles. The lowest BCUT2D eigenvalue weighted by molar-refractivity contribution is -0.182. The maximum absolute atomic E-state index is 12.6. The molecule has 0 spiro atoms. The van der Waals surface area contributed by atoms with E-state index in [9.17, 15) is 21.6 Å². The average Bonchev–Trinajstić information content (AvgIpc) is 2.28. The van der Waals surface area contributed by atoms with Gasteiger partial charge in [0.1, 0.15) is 0 Å². The molecule has 1 fully saturated rings. The molecule has 0 aromatic carbocycles. The van der Waals surface area contributed by atoms with Gasteiger partial charge in [-0.1, -0.05) is 0 Å². The van der Waals surface area contributed by atoms with E-state index in [0.717, 1.165) is 4.31 Å². The SMILES string of the molecule is CNCCCS(=O)(=O)N1CCCC(C(F)(F)F)C1. The maximum Gasteiger partial charge on any atom is 0.393 e. The van der Waals surface area contributed by atoms with E-state index in [2.05, 4.69) is 5.32 Å². The third-order valence-electron chi connectivity index (χ3n) is 3.07. The number of nitrogens with zero attached hydrogens (tertiary/aromatic N) is 1. The molecule has 1 N–H and O–H groups in total. The van der Waals surface area contributed by atoms with Gasteiger partial charge in [0, 0.05) is 13.1 Å². The molecule has 0 radical (unpaired) electrons. The fraction of sp³-hybridized carbons (Fsp3) is 1.00. The molecule has 1 aliphatic rings. The van der Waals surface area contributed by atoms with Crippen molar-refractivity contribution in [2.75, 3.05) is 32.4 Å². The Morgan fingerprint density at radius 1 is 1.39 bits per heavy atom. The Kier molecular flexibility index (Phi) is 5.42. The summed E-state index contributed by atoms with van der Waals surface area (Å²) < 4.78 is 62.5. The van der Waals surface area contributed by atoms with E-state index in [0.29, 0.717) is 13.0 Å². The van der Waals surface area contributed by atoms with Gasteiger partial charge in [-0.2, -0.15) is 13.2 Å². The van der Waals surface area contributed by atoms with Crippen LogP contribution < -0.4 is 5.32 Å². The highest BCUT2D eigenvalue weighted by Crippen LogP contribution is 2.33. The summed E-state index contributed by atoms with van der Waals surface area (Å²) in [6.45, 7) is 0.315. The van der Waals surface area contributed by atoms with E-state index in [-0.39, 0.29) is 25.1 Å². The fourth-order valence-corrected chi connectivity index (χ4v) is 3.60. The minimum absolute atomic E-state index is 0.0199. The van der Waals surface area contributed by atoms with Crippen LogP contribution in [0.2, 0.25) is 0 Å². The van der Waals surface area contributed by atoms with Gasteiger partial charge in [0.25, 0.3) is 0 Å². The highest BCUT2D eigenvalue weighted by molar-refractivity contribution is 7.89. The highest BCUT2D eigenvalue weighted by atomic mass is 32.2. The van der Waals surface area contributed by atoms with Crippen LogP contribution in [-0.2, 0) is 10.0 Å². The van der Waals surface area contributed by atoms with Crippen molar-refractivity contribution in [2.24, 2.45) is 5.92 Å². The third-order valence-corrected chi connectivity index (χ3v) is 4.99. The van der Waals surface area contributed by atoms with Gasteiger partial charge in [-0.05, 0) is 32.9 Å². The van der Waals surface area contributed by atoms with Gasteiger partial charge in [0.15, 0.2) is 0 Å². The first kappa shape index (κ1) is 15.7. The minimum atomic E-state index is -4.31. The van der Waals surface area contributed by atoms with Crippen molar-refractivity contribution < 1.29 is 21.6 Å². The molecule has 1 aliphatic heterocycles. The largest absolute Gasteiger partial charge is 0.393 e. The number of sulfonamides is 1. The fourth-order valence-electron chi connectivity index (χ4n) is 2.02. The lowest BCUT2D eigenvalue weighted by Gasteiger charge is -2.32. The topological polar surface area (TPSA) is 49.4 Å². The zero-order chi connectivity index (χ0) is 13.8. The van der Waals surface area contributed by atoms with Crippen LogP contribution in [0.1, 0.15) is 19.3 Å². The summed E-state index contributed by atoms with van der Waals surface area (Å²) in [6.07, 6.45) is -3.60. The lowest BCUT2D eigenvalue weighted by Crippen LogP contribution is -2.45. The number of hydrogen-bond donors (Lipinski definition) is 1. The van der Waals surface area contributed by atoms with E-state index < -0.39 is 28.7 Å². The van der Waals surface area contributed by atoms with Crippen LogP contribution in [0.5, 0.6) is 0 Å². The Bertz CT molecular complexity index is 357. The normalized spacial score (nSPS) is 23.2. The van der Waals surface area contributed by atoms with Gasteiger partial charge < -0.3 is 5.32 Å². The Balaban J connectivity index is 2.60. The molecule has 0 amide bonds. The molecule has 1 rings (SSSR count). The second-order valence-corrected chi connectivity index (χ2v) is 6.60. The number of halogens is 3. The van der Waals surface area contributed by atoms with Crippen molar-refractivity contribution in [3.05, 3.63) is 0 Å². The van der Waals surface area contributed by atoms with Gasteiger partial charge in [0.2, 0.25) is 10.0 Å². The molecule has 8 heteroatoms. The molecular formula is C10H19F3N2O2S. The third kappa shape index (κ3) is 4.40. The van der Waals surface area contributed by atoms with E-state index in [1.807, 2.05) is 0 Å². The summed E-state index contributed by atoms with van der Waals surface area (Å²) in [5, 5.41) is 2.81. The van der Waals surface area contributed by atoms with E-state index in [4.69, 9.17) is 0 Å². The molecule has 0 saturated carbocycles. The molecule has 0 bridgehead atoms. The number of piperidine rings is 1. The summed E-state index contributed by atoms with van der Waals surface area (Å²) in [5.74, 6) is -1.62. The zero-order valence-corrected chi connectivity index (χ0v) is 11.1.